The molecule has 1 aromatic carbocycles. The molecule has 0 amide bonds. The summed E-state index contributed by atoms with van der Waals surface area (Å²) < 4.78 is 0.991. The van der Waals surface area contributed by atoms with E-state index in [2.05, 4.69) is 39.8 Å². The van der Waals surface area contributed by atoms with Gasteiger partial charge in [0.25, 0.3) is 0 Å². The van der Waals surface area contributed by atoms with Gasteiger partial charge in [0, 0.05) is 28.1 Å². The summed E-state index contributed by atoms with van der Waals surface area (Å²) in [5.74, 6) is 0. The predicted octanol–water partition coefficient (Wildman–Crippen LogP) is 3.52. The zero-order valence-electron chi connectivity index (χ0n) is 12.9. The fraction of sp³-hybridized carbons (Fsp3) is 0.625. The largest absolute Gasteiger partial charge is 0.324 e. The molecule has 2 unspecified atom stereocenters. The van der Waals surface area contributed by atoms with E-state index in [1.807, 2.05) is 18.2 Å². The fourth-order valence-corrected chi connectivity index (χ4v) is 3.79. The van der Waals surface area contributed by atoms with Gasteiger partial charge in [0.15, 0.2) is 0 Å². The lowest BCUT2D eigenvalue weighted by Gasteiger charge is -2.26. The van der Waals surface area contributed by atoms with Crippen molar-refractivity contribution in [1.82, 2.24) is 9.80 Å². The van der Waals surface area contributed by atoms with Gasteiger partial charge in [-0.05, 0) is 64.1 Å². The van der Waals surface area contributed by atoms with Crippen LogP contribution >= 0.6 is 27.5 Å². The number of likely N-dealkylation sites (N-methyl/N-ethyl adjacent to an activating group) is 2. The van der Waals surface area contributed by atoms with Gasteiger partial charge in [-0.25, -0.2) is 0 Å². The Morgan fingerprint density at radius 1 is 1.52 bits per heavy atom. The van der Waals surface area contributed by atoms with Crippen molar-refractivity contribution in [3.05, 3.63) is 33.3 Å². The standard InChI is InChI=1S/C16H25BrClN3/c1-20(11-13-4-3-8-21(13)2)9-7-16(19)14-6-5-12(17)10-15(14)18/h5-6,10,13,16H,3-4,7-9,11,19H2,1-2H3. The second-order valence-corrected chi connectivity index (χ2v) is 7.42. The fourth-order valence-electron chi connectivity index (χ4n) is 2.98. The van der Waals surface area contributed by atoms with Crippen molar-refractivity contribution in [3.8, 4) is 0 Å². The maximum atomic E-state index is 6.29. The minimum Gasteiger partial charge on any atom is -0.324 e. The highest BCUT2D eigenvalue weighted by Crippen LogP contribution is 2.27. The summed E-state index contributed by atoms with van der Waals surface area (Å²) in [6.45, 7) is 3.35. The SMILES string of the molecule is CN(CCC(N)c1ccc(Br)cc1Cl)CC1CCCN1C. The van der Waals surface area contributed by atoms with Gasteiger partial charge in [-0.3, -0.25) is 0 Å². The van der Waals surface area contributed by atoms with E-state index in [9.17, 15) is 0 Å². The number of hydrogen-bond donors (Lipinski definition) is 1. The molecule has 5 heteroatoms. The predicted molar refractivity (Wildman–Crippen MR) is 93.8 cm³/mol. The van der Waals surface area contributed by atoms with Crippen LogP contribution in [0.5, 0.6) is 0 Å². The Morgan fingerprint density at radius 2 is 2.29 bits per heavy atom. The van der Waals surface area contributed by atoms with Crippen LogP contribution in [0.1, 0.15) is 30.9 Å². The number of nitrogens with two attached hydrogens (primary N) is 1. The highest BCUT2D eigenvalue weighted by molar-refractivity contribution is 9.10. The van der Waals surface area contributed by atoms with Gasteiger partial charge in [-0.15, -0.1) is 0 Å². The molecule has 2 atom stereocenters. The molecule has 21 heavy (non-hydrogen) atoms. The van der Waals surface area contributed by atoms with Crippen molar-refractivity contribution >= 4 is 27.5 Å². The zero-order chi connectivity index (χ0) is 15.4. The lowest BCUT2D eigenvalue weighted by atomic mass is 10.0. The molecular weight excluding hydrogens is 350 g/mol. The van der Waals surface area contributed by atoms with E-state index in [4.69, 9.17) is 17.3 Å². The van der Waals surface area contributed by atoms with E-state index in [0.29, 0.717) is 6.04 Å². The molecule has 2 rings (SSSR count). The molecule has 0 saturated carbocycles. The molecule has 1 saturated heterocycles. The molecule has 3 nitrogen and oxygen atoms in total. The highest BCUT2D eigenvalue weighted by atomic mass is 79.9. The van der Waals surface area contributed by atoms with Gasteiger partial charge in [-0.1, -0.05) is 33.6 Å². The molecule has 118 valence electrons. The Labute approximate surface area is 141 Å². The first kappa shape index (κ1) is 17.2. The minimum atomic E-state index is -0.00522. The van der Waals surface area contributed by atoms with Gasteiger partial charge in [0.2, 0.25) is 0 Å². The molecule has 0 radical (unpaired) electrons. The topological polar surface area (TPSA) is 32.5 Å². The Bertz CT molecular complexity index is 469. The van der Waals surface area contributed by atoms with Crippen LogP contribution < -0.4 is 5.73 Å². The summed E-state index contributed by atoms with van der Waals surface area (Å²) in [6, 6.07) is 6.62. The van der Waals surface area contributed by atoms with Crippen molar-refractivity contribution in [2.75, 3.05) is 33.7 Å². The summed E-state index contributed by atoms with van der Waals surface area (Å²) in [5, 5.41) is 0.745. The molecule has 1 aliphatic rings. The van der Waals surface area contributed by atoms with E-state index >= 15 is 0 Å². The lowest BCUT2D eigenvalue weighted by Crippen LogP contribution is -2.37. The monoisotopic (exact) mass is 373 g/mol. The van der Waals surface area contributed by atoms with Crippen LogP contribution in [-0.4, -0.2) is 49.6 Å². The third-order valence-electron chi connectivity index (χ3n) is 4.38. The van der Waals surface area contributed by atoms with Crippen LogP contribution in [0, 0.1) is 0 Å². The van der Waals surface area contributed by atoms with Crippen LogP contribution in [0.4, 0.5) is 0 Å². The lowest BCUT2D eigenvalue weighted by molar-refractivity contribution is 0.216. The number of nitrogens with zero attached hydrogens (tertiary/aromatic N) is 2. The molecule has 0 bridgehead atoms. The second-order valence-electron chi connectivity index (χ2n) is 6.10. The maximum Gasteiger partial charge on any atom is 0.0464 e. The summed E-state index contributed by atoms with van der Waals surface area (Å²) >= 11 is 9.69. The molecule has 1 heterocycles. The molecule has 0 aliphatic carbocycles. The number of benzene rings is 1. The van der Waals surface area contributed by atoms with E-state index in [1.165, 1.54) is 19.4 Å². The van der Waals surface area contributed by atoms with Crippen LogP contribution in [0.2, 0.25) is 5.02 Å². The smallest absolute Gasteiger partial charge is 0.0464 e. The number of likely N-dealkylation sites (tertiary alicyclic amines) is 1. The Morgan fingerprint density at radius 3 is 2.90 bits per heavy atom. The normalized spacial score (nSPS) is 21.1. The summed E-state index contributed by atoms with van der Waals surface area (Å²) in [6.07, 6.45) is 3.56. The minimum absolute atomic E-state index is 0.00522. The number of halogens is 2. The van der Waals surface area contributed by atoms with Crippen LogP contribution in [0.3, 0.4) is 0 Å². The molecule has 2 N–H and O–H groups in total. The summed E-state index contributed by atoms with van der Waals surface area (Å²) in [4.78, 5) is 4.85. The number of hydrogen-bond acceptors (Lipinski definition) is 3. The zero-order valence-corrected chi connectivity index (χ0v) is 15.2. The average molecular weight is 375 g/mol. The van der Waals surface area contributed by atoms with E-state index in [-0.39, 0.29) is 6.04 Å². The van der Waals surface area contributed by atoms with Gasteiger partial charge in [-0.2, -0.15) is 0 Å². The van der Waals surface area contributed by atoms with Crippen LogP contribution in [0.25, 0.3) is 0 Å². The van der Waals surface area contributed by atoms with E-state index in [1.54, 1.807) is 0 Å². The first-order valence-corrected chi connectivity index (χ1v) is 8.74. The van der Waals surface area contributed by atoms with Gasteiger partial charge < -0.3 is 15.5 Å². The van der Waals surface area contributed by atoms with Crippen LogP contribution in [-0.2, 0) is 0 Å². The molecule has 1 aromatic rings. The third-order valence-corrected chi connectivity index (χ3v) is 5.20. The Balaban J connectivity index is 1.81. The molecule has 0 aromatic heterocycles. The van der Waals surface area contributed by atoms with Crippen molar-refractivity contribution in [2.45, 2.75) is 31.3 Å². The Kier molecular flexibility index (Phi) is 6.51. The molecular formula is C16H25BrClN3. The molecule has 1 aliphatic heterocycles. The first-order valence-electron chi connectivity index (χ1n) is 7.56. The van der Waals surface area contributed by atoms with E-state index in [0.717, 1.165) is 34.6 Å². The van der Waals surface area contributed by atoms with Crippen LogP contribution in [0.15, 0.2) is 22.7 Å². The van der Waals surface area contributed by atoms with Crippen molar-refractivity contribution in [3.63, 3.8) is 0 Å². The highest BCUT2D eigenvalue weighted by Gasteiger charge is 2.22. The average Bonchev–Trinajstić information content (AvgIpc) is 2.81. The molecule has 1 fully saturated rings. The first-order chi connectivity index (χ1) is 9.97. The van der Waals surface area contributed by atoms with E-state index < -0.39 is 0 Å². The number of rotatable bonds is 6. The van der Waals surface area contributed by atoms with Crippen molar-refractivity contribution in [1.29, 1.82) is 0 Å². The maximum absolute atomic E-state index is 6.29. The van der Waals surface area contributed by atoms with Crippen molar-refractivity contribution in [2.24, 2.45) is 5.73 Å². The molecule has 0 spiro atoms. The van der Waals surface area contributed by atoms with Crippen molar-refractivity contribution < 1.29 is 0 Å². The summed E-state index contributed by atoms with van der Waals surface area (Å²) in [5.41, 5.74) is 7.33. The second kappa shape index (κ2) is 7.93. The van der Waals surface area contributed by atoms with Gasteiger partial charge in [0.05, 0.1) is 0 Å². The third kappa shape index (κ3) is 4.93. The van der Waals surface area contributed by atoms with Gasteiger partial charge in [0.1, 0.15) is 0 Å². The Hall–Kier alpha value is -0.130. The summed E-state index contributed by atoms with van der Waals surface area (Å²) in [7, 11) is 4.40. The van der Waals surface area contributed by atoms with Gasteiger partial charge >= 0.3 is 0 Å². The quantitative estimate of drug-likeness (QED) is 0.827.